The highest BCUT2D eigenvalue weighted by molar-refractivity contribution is 6.35. The van der Waals surface area contributed by atoms with Gasteiger partial charge in [0, 0.05) is 29.6 Å². The smallest absolute Gasteiger partial charge is 0.291 e. The molecule has 1 N–H and O–H groups in total. The Hall–Kier alpha value is -2.29. The third-order valence-electron chi connectivity index (χ3n) is 3.12. The molecule has 2 rings (SSSR count). The predicted molar refractivity (Wildman–Crippen MR) is 103 cm³/mol. The van der Waals surface area contributed by atoms with E-state index in [1.54, 1.807) is 29.2 Å². The third kappa shape index (κ3) is 9.83. The lowest BCUT2D eigenvalue weighted by molar-refractivity contribution is -0.742. The van der Waals surface area contributed by atoms with Crippen LogP contribution in [0.5, 0.6) is 0 Å². The van der Waals surface area contributed by atoms with E-state index in [0.29, 0.717) is 29.0 Å². The van der Waals surface area contributed by atoms with Crippen LogP contribution in [0.15, 0.2) is 36.9 Å². The molecule has 10 heteroatoms. The van der Waals surface area contributed by atoms with Crippen LogP contribution in [-0.4, -0.2) is 39.7 Å². The summed E-state index contributed by atoms with van der Waals surface area (Å²) >= 11 is 12.2. The summed E-state index contributed by atoms with van der Waals surface area (Å²) < 4.78 is 13.2. The second-order valence-electron chi connectivity index (χ2n) is 5.18. The van der Waals surface area contributed by atoms with Crippen LogP contribution in [-0.2, 0) is 9.47 Å². The Kier molecular flexibility index (Phi) is 10.9. The zero-order valence-corrected chi connectivity index (χ0v) is 16.3. The molecule has 0 bridgehead atoms. The van der Waals surface area contributed by atoms with E-state index < -0.39 is 5.09 Å². The summed E-state index contributed by atoms with van der Waals surface area (Å²) in [4.78, 5) is 12.4. The van der Waals surface area contributed by atoms with E-state index in [9.17, 15) is 0 Å². The minimum atomic E-state index is -1.50. The molecule has 0 aliphatic carbocycles. The van der Waals surface area contributed by atoms with Gasteiger partial charge >= 0.3 is 0 Å². The zero-order valence-electron chi connectivity index (χ0n) is 14.8. The van der Waals surface area contributed by atoms with Crippen molar-refractivity contribution < 1.29 is 19.8 Å². The fourth-order valence-electron chi connectivity index (χ4n) is 1.91. The molecular weight excluding hydrogens is 397 g/mol. The van der Waals surface area contributed by atoms with Crippen molar-refractivity contribution in [2.24, 2.45) is 0 Å². The minimum Gasteiger partial charge on any atom is -0.489 e. The first-order valence-corrected chi connectivity index (χ1v) is 8.88. The Morgan fingerprint density at radius 2 is 2.11 bits per heavy atom. The van der Waals surface area contributed by atoms with Gasteiger partial charge in [0.25, 0.3) is 5.09 Å². The average molecular weight is 418 g/mol. The van der Waals surface area contributed by atoms with Gasteiger partial charge in [-0.25, -0.2) is 4.98 Å². The maximum atomic E-state index is 8.36. The van der Waals surface area contributed by atoms with Crippen LogP contribution >= 0.6 is 23.2 Å². The van der Waals surface area contributed by atoms with Crippen LogP contribution in [0.25, 0.3) is 12.0 Å². The van der Waals surface area contributed by atoms with Gasteiger partial charge in [0.05, 0.1) is 24.2 Å². The van der Waals surface area contributed by atoms with Crippen LogP contribution < -0.4 is 0 Å². The largest absolute Gasteiger partial charge is 0.489 e. The van der Waals surface area contributed by atoms with Crippen LogP contribution in [0.1, 0.15) is 25.3 Å². The number of halogens is 2. The van der Waals surface area contributed by atoms with Gasteiger partial charge in [-0.15, -0.1) is 10.1 Å². The number of imidazole rings is 1. The van der Waals surface area contributed by atoms with Crippen molar-refractivity contribution in [1.29, 1.82) is 0 Å². The second kappa shape index (κ2) is 13.0. The van der Waals surface area contributed by atoms with Gasteiger partial charge in [-0.05, 0) is 24.6 Å². The Bertz CT molecular complexity index is 719. The van der Waals surface area contributed by atoms with Crippen molar-refractivity contribution in [3.63, 3.8) is 0 Å². The third-order valence-corrected chi connectivity index (χ3v) is 3.66. The molecule has 1 aromatic carbocycles. The lowest BCUT2D eigenvalue weighted by Crippen LogP contribution is -2.05. The number of benzene rings is 1. The van der Waals surface area contributed by atoms with Crippen molar-refractivity contribution in [1.82, 2.24) is 9.55 Å². The highest BCUT2D eigenvalue weighted by Gasteiger charge is 2.09. The maximum Gasteiger partial charge on any atom is 0.291 e. The van der Waals surface area contributed by atoms with E-state index in [-0.39, 0.29) is 0 Å². The quantitative estimate of drug-likeness (QED) is 0.276. The first-order valence-electron chi connectivity index (χ1n) is 8.12. The molecule has 0 fully saturated rings. The molecular formula is C17H21Cl2N3O5. The molecule has 0 aliphatic rings. The van der Waals surface area contributed by atoms with E-state index in [0.717, 1.165) is 25.0 Å². The van der Waals surface area contributed by atoms with Gasteiger partial charge in [0.2, 0.25) is 0 Å². The summed E-state index contributed by atoms with van der Waals surface area (Å²) in [6.45, 7) is 3.87. The molecule has 0 atom stereocenters. The number of hydrogen-bond donors (Lipinski definition) is 1. The number of ether oxygens (including phenoxy) is 2. The molecule has 0 amide bonds. The predicted octanol–water partition coefficient (Wildman–Crippen LogP) is 4.63. The molecule has 0 saturated heterocycles. The normalized spacial score (nSPS) is 10.9. The van der Waals surface area contributed by atoms with Crippen molar-refractivity contribution in [2.45, 2.75) is 19.8 Å². The highest BCUT2D eigenvalue weighted by atomic mass is 35.5. The van der Waals surface area contributed by atoms with Gasteiger partial charge in [-0.3, -0.25) is 0 Å². The van der Waals surface area contributed by atoms with Crippen LogP contribution in [0.3, 0.4) is 0 Å². The Balaban J connectivity index is 0.000000828. The van der Waals surface area contributed by atoms with E-state index >= 15 is 0 Å². The molecule has 8 nitrogen and oxygen atoms in total. The van der Waals surface area contributed by atoms with Gasteiger partial charge in [0.15, 0.2) is 0 Å². The number of nitrogens with zero attached hydrogens (tertiary/aromatic N) is 3. The summed E-state index contributed by atoms with van der Waals surface area (Å²) in [6, 6.07) is 5.32. The standard InChI is InChI=1S/C17H20Cl2N2O2.HNO3/c1-2-3-8-22-9-10-23-17(12-21-7-6-20-13-21)15-5-4-14(18)11-16(15)19;2-1(3)4/h4-7,11-13H,2-3,8-10H2,1H3;(H,2,3,4)/b17-12-;. The number of aromatic nitrogens is 2. The highest BCUT2D eigenvalue weighted by Crippen LogP contribution is 2.28. The fraction of sp³-hybridized carbons (Fsp3) is 0.353. The van der Waals surface area contributed by atoms with E-state index in [1.807, 2.05) is 18.5 Å². The van der Waals surface area contributed by atoms with Crippen molar-refractivity contribution in [3.05, 3.63) is 62.6 Å². The van der Waals surface area contributed by atoms with Crippen molar-refractivity contribution in [2.75, 3.05) is 19.8 Å². The molecule has 0 aliphatic heterocycles. The molecule has 0 radical (unpaired) electrons. The number of unbranched alkanes of at least 4 members (excludes halogenated alkanes) is 1. The molecule has 2 aromatic rings. The first-order chi connectivity index (χ1) is 12.9. The van der Waals surface area contributed by atoms with E-state index in [2.05, 4.69) is 11.9 Å². The Labute approximate surface area is 167 Å². The lowest BCUT2D eigenvalue weighted by atomic mass is 10.2. The molecule has 148 valence electrons. The second-order valence-corrected chi connectivity index (χ2v) is 6.02. The van der Waals surface area contributed by atoms with Gasteiger partial charge in [-0.1, -0.05) is 36.5 Å². The lowest BCUT2D eigenvalue weighted by Gasteiger charge is -2.13. The summed E-state index contributed by atoms with van der Waals surface area (Å²) in [5.41, 5.74) is 0.776. The topological polar surface area (TPSA) is 99.7 Å². The van der Waals surface area contributed by atoms with Crippen LogP contribution in [0, 0.1) is 10.1 Å². The number of rotatable bonds is 9. The van der Waals surface area contributed by atoms with E-state index in [1.165, 1.54) is 0 Å². The summed E-state index contributed by atoms with van der Waals surface area (Å²) in [6.07, 6.45) is 9.21. The zero-order chi connectivity index (χ0) is 20.1. The van der Waals surface area contributed by atoms with E-state index in [4.69, 9.17) is 48.0 Å². The Morgan fingerprint density at radius 1 is 1.37 bits per heavy atom. The van der Waals surface area contributed by atoms with Gasteiger partial charge < -0.3 is 19.2 Å². The molecule has 0 spiro atoms. The fourth-order valence-corrected chi connectivity index (χ4v) is 2.42. The maximum absolute atomic E-state index is 8.36. The van der Waals surface area contributed by atoms with Gasteiger partial charge in [-0.2, -0.15) is 0 Å². The summed E-state index contributed by atoms with van der Waals surface area (Å²) in [5, 5.41) is 14.8. The number of hydrogen-bond acceptors (Lipinski definition) is 5. The van der Waals surface area contributed by atoms with Crippen molar-refractivity contribution in [3.8, 4) is 0 Å². The monoisotopic (exact) mass is 417 g/mol. The molecule has 1 aromatic heterocycles. The van der Waals surface area contributed by atoms with Gasteiger partial charge in [0.1, 0.15) is 12.4 Å². The Morgan fingerprint density at radius 3 is 2.70 bits per heavy atom. The minimum absolute atomic E-state index is 0.448. The summed E-state index contributed by atoms with van der Waals surface area (Å²) in [5.74, 6) is 0.642. The molecule has 0 unspecified atom stereocenters. The van der Waals surface area contributed by atoms with Crippen molar-refractivity contribution >= 4 is 35.2 Å². The molecule has 0 saturated carbocycles. The molecule has 1 heterocycles. The molecule has 27 heavy (non-hydrogen) atoms. The average Bonchev–Trinajstić information content (AvgIpc) is 3.10. The summed E-state index contributed by atoms with van der Waals surface area (Å²) in [7, 11) is 0. The van der Waals surface area contributed by atoms with Crippen LogP contribution in [0.2, 0.25) is 10.0 Å². The SMILES string of the molecule is CCCCOCCO/C(=C\n1ccnc1)c1ccc(Cl)cc1Cl.O=[N+]([O-])O. The first kappa shape index (κ1) is 22.8. The van der Waals surface area contributed by atoms with Crippen LogP contribution in [0.4, 0.5) is 0 Å².